The molecule has 0 N–H and O–H groups in total. The Balaban J connectivity index is 4.85. The molecule has 122 valence electrons. The standard InChI is InChI=1S/C17H30O4/c1-6-9-11-20-16(18)14(8-3)15(13(4)5)17(19)21-12-10-7-2/h14H,6-12H2,1-5H3. The fraction of sp³-hybridized carbons (Fsp3) is 0.765. The van der Waals surface area contributed by atoms with Gasteiger partial charge in [0.2, 0.25) is 0 Å². The first-order chi connectivity index (χ1) is 9.99. The molecule has 4 nitrogen and oxygen atoms in total. The second-order valence-electron chi connectivity index (χ2n) is 5.39. The van der Waals surface area contributed by atoms with E-state index in [9.17, 15) is 9.59 Å². The number of esters is 2. The molecule has 0 saturated heterocycles. The smallest absolute Gasteiger partial charge is 0.334 e. The van der Waals surface area contributed by atoms with E-state index in [0.29, 0.717) is 25.2 Å². The van der Waals surface area contributed by atoms with Crippen LogP contribution in [0.1, 0.15) is 66.7 Å². The first-order valence-corrected chi connectivity index (χ1v) is 8.00. The van der Waals surface area contributed by atoms with Gasteiger partial charge >= 0.3 is 11.9 Å². The Kier molecular flexibility index (Phi) is 10.6. The molecule has 0 rings (SSSR count). The molecule has 0 radical (unpaired) electrons. The molecular weight excluding hydrogens is 268 g/mol. The van der Waals surface area contributed by atoms with Crippen LogP contribution in [0.25, 0.3) is 0 Å². The Hall–Kier alpha value is -1.32. The van der Waals surface area contributed by atoms with Gasteiger partial charge in [-0.1, -0.05) is 39.2 Å². The summed E-state index contributed by atoms with van der Waals surface area (Å²) in [4.78, 5) is 24.4. The van der Waals surface area contributed by atoms with E-state index in [4.69, 9.17) is 9.47 Å². The Bertz CT molecular complexity index is 354. The first kappa shape index (κ1) is 19.7. The molecule has 0 heterocycles. The largest absolute Gasteiger partial charge is 0.465 e. The lowest BCUT2D eigenvalue weighted by molar-refractivity contribution is -0.150. The summed E-state index contributed by atoms with van der Waals surface area (Å²) in [6.45, 7) is 10.4. The minimum absolute atomic E-state index is 0.324. The van der Waals surface area contributed by atoms with Gasteiger partial charge in [-0.15, -0.1) is 0 Å². The van der Waals surface area contributed by atoms with Crippen molar-refractivity contribution in [2.75, 3.05) is 13.2 Å². The highest BCUT2D eigenvalue weighted by Crippen LogP contribution is 2.22. The van der Waals surface area contributed by atoms with Gasteiger partial charge in [-0.05, 0) is 33.1 Å². The van der Waals surface area contributed by atoms with Crippen molar-refractivity contribution in [1.29, 1.82) is 0 Å². The van der Waals surface area contributed by atoms with Crippen LogP contribution in [-0.4, -0.2) is 25.2 Å². The van der Waals surface area contributed by atoms with Gasteiger partial charge in [-0.25, -0.2) is 4.79 Å². The molecule has 0 aliphatic rings. The number of allylic oxidation sites excluding steroid dienone is 1. The van der Waals surface area contributed by atoms with Gasteiger partial charge in [0.05, 0.1) is 19.1 Å². The van der Waals surface area contributed by atoms with E-state index in [1.165, 1.54) is 0 Å². The van der Waals surface area contributed by atoms with E-state index in [2.05, 4.69) is 0 Å². The molecule has 1 atom stereocenters. The van der Waals surface area contributed by atoms with Crippen molar-refractivity contribution < 1.29 is 19.1 Å². The van der Waals surface area contributed by atoms with Crippen LogP contribution < -0.4 is 0 Å². The SMILES string of the molecule is CCCCOC(=O)C(=C(C)C)C(CC)C(=O)OCCCC. The average molecular weight is 298 g/mol. The lowest BCUT2D eigenvalue weighted by atomic mass is 9.93. The summed E-state index contributed by atoms with van der Waals surface area (Å²) in [7, 11) is 0. The molecule has 0 spiro atoms. The summed E-state index contributed by atoms with van der Waals surface area (Å²) in [5, 5.41) is 0. The maximum absolute atomic E-state index is 12.2. The summed E-state index contributed by atoms with van der Waals surface area (Å²) < 4.78 is 10.5. The molecule has 0 saturated carbocycles. The summed E-state index contributed by atoms with van der Waals surface area (Å²) in [5.74, 6) is -1.24. The van der Waals surface area contributed by atoms with Crippen LogP contribution in [0.15, 0.2) is 11.1 Å². The van der Waals surface area contributed by atoms with Crippen LogP contribution in [0.3, 0.4) is 0 Å². The van der Waals surface area contributed by atoms with Crippen molar-refractivity contribution in [3.63, 3.8) is 0 Å². The van der Waals surface area contributed by atoms with E-state index in [1.54, 1.807) is 0 Å². The molecule has 21 heavy (non-hydrogen) atoms. The molecule has 0 amide bonds. The average Bonchev–Trinajstić information content (AvgIpc) is 2.44. The minimum Gasteiger partial charge on any atom is -0.465 e. The van der Waals surface area contributed by atoms with Crippen LogP contribution in [-0.2, 0) is 19.1 Å². The predicted octanol–water partition coefficient (Wildman–Crippen LogP) is 4.04. The van der Waals surface area contributed by atoms with Crippen LogP contribution >= 0.6 is 0 Å². The topological polar surface area (TPSA) is 52.6 Å². The number of carbonyl (C=O) groups excluding carboxylic acids is 2. The van der Waals surface area contributed by atoms with Crippen molar-refractivity contribution in [2.45, 2.75) is 66.7 Å². The summed E-state index contributed by atoms with van der Waals surface area (Å²) >= 11 is 0. The molecular formula is C17H30O4. The van der Waals surface area contributed by atoms with E-state index in [0.717, 1.165) is 31.3 Å². The fourth-order valence-corrected chi connectivity index (χ4v) is 1.99. The van der Waals surface area contributed by atoms with Crippen LogP contribution in [0, 0.1) is 5.92 Å². The van der Waals surface area contributed by atoms with Gasteiger partial charge < -0.3 is 9.47 Å². The maximum atomic E-state index is 12.2. The highest BCUT2D eigenvalue weighted by molar-refractivity contribution is 5.96. The second kappa shape index (κ2) is 11.4. The maximum Gasteiger partial charge on any atom is 0.334 e. The normalized spacial score (nSPS) is 11.7. The van der Waals surface area contributed by atoms with Crippen molar-refractivity contribution >= 4 is 11.9 Å². The van der Waals surface area contributed by atoms with Crippen molar-refractivity contribution in [3.05, 3.63) is 11.1 Å². The van der Waals surface area contributed by atoms with Crippen molar-refractivity contribution in [3.8, 4) is 0 Å². The molecule has 0 fully saturated rings. The first-order valence-electron chi connectivity index (χ1n) is 8.00. The van der Waals surface area contributed by atoms with Crippen molar-refractivity contribution in [1.82, 2.24) is 0 Å². The van der Waals surface area contributed by atoms with E-state index in [-0.39, 0.29) is 11.9 Å². The Morgan fingerprint density at radius 2 is 1.43 bits per heavy atom. The number of rotatable bonds is 10. The number of unbranched alkanes of at least 4 members (excludes halogenated alkanes) is 2. The second-order valence-corrected chi connectivity index (χ2v) is 5.39. The Morgan fingerprint density at radius 1 is 0.905 bits per heavy atom. The highest BCUT2D eigenvalue weighted by Gasteiger charge is 2.29. The zero-order valence-corrected chi connectivity index (χ0v) is 14.2. The minimum atomic E-state index is -0.527. The highest BCUT2D eigenvalue weighted by atomic mass is 16.5. The summed E-state index contributed by atoms with van der Waals surface area (Å²) in [6.07, 6.45) is 4.15. The summed E-state index contributed by atoms with van der Waals surface area (Å²) in [5.41, 5.74) is 1.27. The van der Waals surface area contributed by atoms with Crippen LogP contribution in [0.2, 0.25) is 0 Å². The third-order valence-corrected chi connectivity index (χ3v) is 3.27. The zero-order chi connectivity index (χ0) is 16.3. The molecule has 0 bridgehead atoms. The third-order valence-electron chi connectivity index (χ3n) is 3.27. The monoisotopic (exact) mass is 298 g/mol. The lowest BCUT2D eigenvalue weighted by Gasteiger charge is -2.18. The number of hydrogen-bond donors (Lipinski definition) is 0. The van der Waals surface area contributed by atoms with Crippen molar-refractivity contribution in [2.24, 2.45) is 5.92 Å². The van der Waals surface area contributed by atoms with Gasteiger partial charge in [-0.2, -0.15) is 0 Å². The third kappa shape index (κ3) is 7.30. The van der Waals surface area contributed by atoms with Gasteiger partial charge in [0, 0.05) is 5.57 Å². The van der Waals surface area contributed by atoms with E-state index in [1.807, 2.05) is 34.6 Å². The predicted molar refractivity (Wildman–Crippen MR) is 83.9 cm³/mol. The van der Waals surface area contributed by atoms with E-state index < -0.39 is 5.92 Å². The van der Waals surface area contributed by atoms with Gasteiger partial charge in [-0.3, -0.25) is 4.79 Å². The molecule has 0 aromatic carbocycles. The molecule has 0 aliphatic heterocycles. The number of carbonyl (C=O) groups is 2. The lowest BCUT2D eigenvalue weighted by Crippen LogP contribution is -2.26. The molecule has 1 unspecified atom stereocenters. The summed E-state index contributed by atoms with van der Waals surface area (Å²) in [6, 6.07) is 0. The number of hydrogen-bond acceptors (Lipinski definition) is 4. The number of ether oxygens (including phenoxy) is 2. The van der Waals surface area contributed by atoms with Crippen LogP contribution in [0.5, 0.6) is 0 Å². The zero-order valence-electron chi connectivity index (χ0n) is 14.2. The quantitative estimate of drug-likeness (QED) is 0.347. The van der Waals surface area contributed by atoms with Gasteiger partial charge in [0.25, 0.3) is 0 Å². The van der Waals surface area contributed by atoms with Gasteiger partial charge in [0.1, 0.15) is 0 Å². The fourth-order valence-electron chi connectivity index (χ4n) is 1.99. The van der Waals surface area contributed by atoms with Crippen LogP contribution in [0.4, 0.5) is 0 Å². The Labute approximate surface area is 128 Å². The van der Waals surface area contributed by atoms with E-state index >= 15 is 0 Å². The van der Waals surface area contributed by atoms with Gasteiger partial charge in [0.15, 0.2) is 0 Å². The molecule has 4 heteroatoms. The molecule has 0 aliphatic carbocycles. The molecule has 0 aromatic rings. The molecule has 0 aromatic heterocycles. The Morgan fingerprint density at radius 3 is 1.86 bits per heavy atom.